The Morgan fingerprint density at radius 1 is 1.22 bits per heavy atom. The third kappa shape index (κ3) is 4.69. The fourth-order valence-corrected chi connectivity index (χ4v) is 4.24. The first-order valence-corrected chi connectivity index (χ1v) is 10.5. The van der Waals surface area contributed by atoms with E-state index < -0.39 is 85.0 Å². The van der Waals surface area contributed by atoms with E-state index in [9.17, 15) is 30.3 Å². The summed E-state index contributed by atoms with van der Waals surface area (Å²) in [5.41, 5.74) is 20.7. The molecule has 0 aromatic rings. The molecule has 0 bridgehead atoms. The van der Waals surface area contributed by atoms with Crippen LogP contribution in [0.15, 0.2) is 4.99 Å². The Bertz CT molecular complexity index is 724. The topological polar surface area (TPSA) is 265 Å². The molecule has 1 amide bonds. The van der Waals surface area contributed by atoms with Gasteiger partial charge in [-0.25, -0.2) is 4.99 Å². The molecule has 0 aromatic carbocycles. The van der Waals surface area contributed by atoms with Crippen LogP contribution in [-0.4, -0.2) is 111 Å². The Kier molecular flexibility index (Phi) is 7.29. The van der Waals surface area contributed by atoms with Crippen LogP contribution in [0.1, 0.15) is 19.8 Å². The van der Waals surface area contributed by atoms with Gasteiger partial charge in [0, 0.05) is 12.5 Å². The van der Waals surface area contributed by atoms with Crippen molar-refractivity contribution < 1.29 is 39.8 Å². The second-order valence-electron chi connectivity index (χ2n) is 8.91. The summed E-state index contributed by atoms with van der Waals surface area (Å²) < 4.78 is 11.3. The molecule has 0 aromatic heterocycles. The van der Waals surface area contributed by atoms with Crippen LogP contribution in [0.5, 0.6) is 0 Å². The minimum Gasteiger partial charge on any atom is -0.394 e. The zero-order valence-corrected chi connectivity index (χ0v) is 17.7. The van der Waals surface area contributed by atoms with Gasteiger partial charge in [-0.05, 0) is 12.3 Å². The first-order chi connectivity index (χ1) is 14.9. The maximum Gasteiger partial charge on any atom is 0.254 e. The molecular weight excluding hydrogens is 428 g/mol. The van der Waals surface area contributed by atoms with Crippen LogP contribution in [0.25, 0.3) is 0 Å². The van der Waals surface area contributed by atoms with E-state index in [0.29, 0.717) is 0 Å². The van der Waals surface area contributed by atoms with Gasteiger partial charge >= 0.3 is 0 Å². The molecule has 3 rings (SSSR count). The molecule has 32 heavy (non-hydrogen) atoms. The number of aliphatic hydroxyl groups is 5. The second-order valence-corrected chi connectivity index (χ2v) is 8.91. The van der Waals surface area contributed by atoms with E-state index in [0.717, 1.165) is 0 Å². The number of aliphatic imine (C=N–C) groups is 1. The molecule has 12 atom stereocenters. The summed E-state index contributed by atoms with van der Waals surface area (Å²) in [6.07, 6.45) is -7.36. The largest absolute Gasteiger partial charge is 0.394 e. The standard InChI is InChI=1S/C18H34N6O8/c1-5-6(19)2-7(23-16(29)18(30)3-9(18)24-17(21)22)14(11(5)26)32-15-13(28)10(20)12(27)8(4-25)31-15/h5-15,25-28,30H,2-4,19-20H2,1H3,(H,23,29)(H4,21,22,24)/t5?,6-,7+,8+,9?,10-,11-,12+,13+,14-,15+,18?/m0/s1. The van der Waals surface area contributed by atoms with Gasteiger partial charge in [-0.1, -0.05) is 6.92 Å². The average molecular weight is 463 g/mol. The monoisotopic (exact) mass is 462 g/mol. The zero-order valence-electron chi connectivity index (χ0n) is 17.7. The number of rotatable bonds is 6. The molecule has 184 valence electrons. The smallest absolute Gasteiger partial charge is 0.254 e. The minimum absolute atomic E-state index is 0.0232. The number of nitrogens with two attached hydrogens (primary N) is 4. The number of ether oxygens (including phenoxy) is 2. The molecule has 2 aliphatic carbocycles. The summed E-state index contributed by atoms with van der Waals surface area (Å²) in [5.74, 6) is -1.45. The van der Waals surface area contributed by atoms with Crippen molar-refractivity contribution in [2.45, 2.75) is 86.3 Å². The van der Waals surface area contributed by atoms with Crippen LogP contribution in [0.3, 0.4) is 0 Å². The van der Waals surface area contributed by atoms with Crippen LogP contribution < -0.4 is 28.3 Å². The van der Waals surface area contributed by atoms with Gasteiger partial charge in [0.05, 0.1) is 30.8 Å². The molecule has 14 N–H and O–H groups in total. The van der Waals surface area contributed by atoms with E-state index in [1.807, 2.05) is 0 Å². The van der Waals surface area contributed by atoms with Crippen molar-refractivity contribution in [3.05, 3.63) is 0 Å². The number of amides is 1. The van der Waals surface area contributed by atoms with Crippen molar-refractivity contribution in [2.24, 2.45) is 33.8 Å². The van der Waals surface area contributed by atoms with E-state index in [1.54, 1.807) is 6.92 Å². The van der Waals surface area contributed by atoms with Crippen LogP contribution in [0, 0.1) is 5.92 Å². The summed E-state index contributed by atoms with van der Waals surface area (Å²) in [6.45, 7) is 1.13. The van der Waals surface area contributed by atoms with Crippen molar-refractivity contribution in [1.82, 2.24) is 5.32 Å². The predicted molar refractivity (Wildman–Crippen MR) is 109 cm³/mol. The van der Waals surface area contributed by atoms with Gasteiger partial charge in [0.15, 0.2) is 17.9 Å². The van der Waals surface area contributed by atoms with E-state index in [1.165, 1.54) is 0 Å². The number of carbonyl (C=O) groups is 1. The lowest BCUT2D eigenvalue weighted by molar-refractivity contribution is -0.303. The molecule has 0 radical (unpaired) electrons. The Morgan fingerprint density at radius 2 is 1.88 bits per heavy atom. The Morgan fingerprint density at radius 3 is 2.47 bits per heavy atom. The molecule has 3 fully saturated rings. The van der Waals surface area contributed by atoms with Gasteiger partial charge in [0.1, 0.15) is 24.4 Å². The molecule has 3 aliphatic rings. The summed E-state index contributed by atoms with van der Waals surface area (Å²) in [4.78, 5) is 16.5. The van der Waals surface area contributed by atoms with Gasteiger partial charge in [0.25, 0.3) is 5.91 Å². The molecule has 1 aliphatic heterocycles. The average Bonchev–Trinajstić information content (AvgIpc) is 3.38. The molecular formula is C18H34N6O8. The fraction of sp³-hybridized carbons (Fsp3) is 0.889. The summed E-state index contributed by atoms with van der Waals surface area (Å²) in [7, 11) is 0. The van der Waals surface area contributed by atoms with Gasteiger partial charge in [-0.15, -0.1) is 0 Å². The van der Waals surface area contributed by atoms with Gasteiger partial charge in [0.2, 0.25) is 0 Å². The SMILES string of the molecule is CC1[C@@H](N)C[C@@H](NC(=O)C2(O)CC2N=C(N)N)[C@H](O[C@H]2O[C@H](CO)[C@@H](O)[C@H](N)[C@H]2O)[C@H]1O. The summed E-state index contributed by atoms with van der Waals surface area (Å²) in [5, 5.41) is 53.7. The molecule has 3 unspecified atom stereocenters. The van der Waals surface area contributed by atoms with Crippen molar-refractivity contribution in [3.8, 4) is 0 Å². The van der Waals surface area contributed by atoms with E-state index in [2.05, 4.69) is 10.3 Å². The van der Waals surface area contributed by atoms with Gasteiger partial charge in [-0.2, -0.15) is 0 Å². The Labute approximate surface area is 184 Å². The fourth-order valence-electron chi connectivity index (χ4n) is 4.24. The van der Waals surface area contributed by atoms with E-state index in [4.69, 9.17) is 32.4 Å². The zero-order chi connectivity index (χ0) is 24.0. The molecule has 2 saturated carbocycles. The van der Waals surface area contributed by atoms with Gasteiger partial charge < -0.3 is 63.3 Å². The van der Waals surface area contributed by atoms with Crippen molar-refractivity contribution in [3.63, 3.8) is 0 Å². The number of hydrogen-bond donors (Lipinski definition) is 10. The Hall–Kier alpha value is -1.62. The van der Waals surface area contributed by atoms with Crippen LogP contribution >= 0.6 is 0 Å². The molecule has 0 spiro atoms. The maximum atomic E-state index is 12.7. The lowest BCUT2D eigenvalue weighted by atomic mass is 9.78. The highest BCUT2D eigenvalue weighted by molar-refractivity contribution is 5.90. The van der Waals surface area contributed by atoms with Crippen LogP contribution in [0.4, 0.5) is 0 Å². The normalized spacial score (nSPS) is 48.7. The third-order valence-corrected chi connectivity index (χ3v) is 6.61. The quantitative estimate of drug-likeness (QED) is 0.131. The number of nitrogens with one attached hydrogen (secondary N) is 1. The summed E-state index contributed by atoms with van der Waals surface area (Å²) >= 11 is 0. The van der Waals surface area contributed by atoms with Crippen LogP contribution in [-0.2, 0) is 14.3 Å². The summed E-state index contributed by atoms with van der Waals surface area (Å²) in [6, 6.07) is -3.32. The van der Waals surface area contributed by atoms with Crippen molar-refractivity contribution in [2.75, 3.05) is 6.61 Å². The number of nitrogens with zero attached hydrogens (tertiary/aromatic N) is 1. The molecule has 1 saturated heterocycles. The molecule has 14 nitrogen and oxygen atoms in total. The van der Waals surface area contributed by atoms with Crippen molar-refractivity contribution in [1.29, 1.82) is 0 Å². The maximum absolute atomic E-state index is 12.7. The predicted octanol–water partition coefficient (Wildman–Crippen LogP) is -5.87. The lowest BCUT2D eigenvalue weighted by Crippen LogP contribution is -2.67. The minimum atomic E-state index is -1.80. The number of guanidine groups is 1. The number of hydrogen-bond acceptors (Lipinski definition) is 11. The van der Waals surface area contributed by atoms with Crippen LogP contribution in [0.2, 0.25) is 0 Å². The third-order valence-electron chi connectivity index (χ3n) is 6.61. The molecule has 14 heteroatoms. The Balaban J connectivity index is 1.76. The highest BCUT2D eigenvalue weighted by Gasteiger charge is 2.61. The first-order valence-electron chi connectivity index (χ1n) is 10.5. The highest BCUT2D eigenvalue weighted by Crippen LogP contribution is 2.40. The second kappa shape index (κ2) is 9.32. The highest BCUT2D eigenvalue weighted by atomic mass is 16.7. The first kappa shape index (κ1) is 25.0. The van der Waals surface area contributed by atoms with Gasteiger partial charge in [-0.3, -0.25) is 4.79 Å². The van der Waals surface area contributed by atoms with Crippen molar-refractivity contribution >= 4 is 11.9 Å². The number of carbonyl (C=O) groups excluding carboxylic acids is 1. The van der Waals surface area contributed by atoms with E-state index in [-0.39, 0.29) is 18.8 Å². The number of aliphatic hydroxyl groups excluding tert-OH is 4. The van der Waals surface area contributed by atoms with E-state index >= 15 is 0 Å². The lowest BCUT2D eigenvalue weighted by Gasteiger charge is -2.47. The molecule has 1 heterocycles.